The molecule has 0 aliphatic carbocycles. The lowest BCUT2D eigenvalue weighted by Crippen LogP contribution is -2.67. The molecule has 2 nitrogen and oxygen atoms in total. The molecule has 7 aromatic rings. The van der Waals surface area contributed by atoms with Crippen molar-refractivity contribution < 1.29 is 0 Å². The number of rotatable bonds is 4. The second kappa shape index (κ2) is 13.2. The largest absolute Gasteiger partial charge is 0.312 e. The highest BCUT2D eigenvalue weighted by Crippen LogP contribution is 2.49. The molecular formula is C55H55BN2Si. The topological polar surface area (TPSA) is 6.48 Å². The Morgan fingerprint density at radius 2 is 1.00 bits per heavy atom. The lowest BCUT2D eigenvalue weighted by atomic mass is 9.33. The second-order valence-corrected chi connectivity index (χ2v) is 24.3. The van der Waals surface area contributed by atoms with Crippen LogP contribution < -0.4 is 36.6 Å². The Balaban J connectivity index is 1.38. The molecule has 0 aromatic heterocycles. The van der Waals surface area contributed by atoms with Crippen LogP contribution in [0.4, 0.5) is 34.1 Å². The lowest BCUT2D eigenvalue weighted by Gasteiger charge is -2.49. The van der Waals surface area contributed by atoms with Gasteiger partial charge < -0.3 is 9.80 Å². The summed E-state index contributed by atoms with van der Waals surface area (Å²) < 4.78 is 0. The molecule has 4 heteroatoms. The molecule has 0 fully saturated rings. The van der Waals surface area contributed by atoms with E-state index >= 15 is 0 Å². The van der Waals surface area contributed by atoms with Gasteiger partial charge in [-0.3, -0.25) is 0 Å². The Morgan fingerprint density at radius 1 is 0.458 bits per heavy atom. The molecule has 59 heavy (non-hydrogen) atoms. The van der Waals surface area contributed by atoms with Crippen LogP contribution in [0.1, 0.15) is 86.4 Å². The zero-order valence-corrected chi connectivity index (χ0v) is 37.4. The Labute approximate surface area is 353 Å². The molecule has 0 amide bonds. The van der Waals surface area contributed by atoms with Gasteiger partial charge in [-0.2, -0.15) is 0 Å². The third kappa shape index (κ3) is 5.74. The minimum atomic E-state index is -2.07. The summed E-state index contributed by atoms with van der Waals surface area (Å²) in [7, 11) is -2.07. The number of hydrogen-bond acceptors (Lipinski definition) is 2. The van der Waals surface area contributed by atoms with Crippen molar-refractivity contribution in [2.75, 3.05) is 9.80 Å². The molecule has 0 bridgehead atoms. The van der Waals surface area contributed by atoms with Crippen molar-refractivity contribution in [3.8, 4) is 0 Å². The van der Waals surface area contributed by atoms with Crippen LogP contribution in [0.25, 0.3) is 0 Å². The lowest BCUT2D eigenvalue weighted by molar-refractivity contribution is 0.589. The fourth-order valence-electron chi connectivity index (χ4n) is 10.7. The van der Waals surface area contributed by atoms with Gasteiger partial charge in [0, 0.05) is 34.4 Å². The Morgan fingerprint density at radius 3 is 1.59 bits per heavy atom. The average molecular weight is 783 g/mol. The number of benzene rings is 7. The minimum Gasteiger partial charge on any atom is -0.312 e. The monoisotopic (exact) mass is 782 g/mol. The Hall–Kier alpha value is -5.58. The molecule has 7 aromatic carbocycles. The van der Waals surface area contributed by atoms with E-state index in [4.69, 9.17) is 0 Å². The van der Waals surface area contributed by atoms with Crippen LogP contribution >= 0.6 is 0 Å². The van der Waals surface area contributed by atoms with E-state index in [-0.39, 0.29) is 23.5 Å². The van der Waals surface area contributed by atoms with Gasteiger partial charge in [0.2, 0.25) is 0 Å². The van der Waals surface area contributed by atoms with Crippen molar-refractivity contribution in [1.29, 1.82) is 0 Å². The molecule has 3 heterocycles. The Bertz CT molecular complexity index is 2750. The molecule has 10 rings (SSSR count). The maximum atomic E-state index is 2.68. The summed E-state index contributed by atoms with van der Waals surface area (Å²) in [5, 5.41) is 3.02. The summed E-state index contributed by atoms with van der Waals surface area (Å²) >= 11 is 0. The number of anilines is 6. The fraction of sp³-hybridized carbons (Fsp3) is 0.236. The number of fused-ring (bicyclic) bond motifs is 6. The summed E-state index contributed by atoms with van der Waals surface area (Å²) in [4.78, 5) is 5.34. The highest BCUT2D eigenvalue weighted by Gasteiger charge is 2.49. The standard InChI is InChI=1S/C55H55BN2Si/c1-35-30-41(55(6,7)8)31-36(2)52(35)57-44-29-28-40(54(3,4)5)34-43(44)56-42-24-19-27-49-53(42)58(45-25-17-18-26-48(45)59(49,9)10)47-33-39(32-46(57)51(47)56)50(37-20-13-11-14-21-37)38-22-15-12-16-23-38/h11-34,50H,1-10H3. The van der Waals surface area contributed by atoms with Crippen LogP contribution in [-0.2, 0) is 10.8 Å². The Kier molecular flexibility index (Phi) is 8.44. The molecule has 3 aliphatic rings. The maximum absolute atomic E-state index is 2.68. The molecule has 292 valence electrons. The van der Waals surface area contributed by atoms with Crippen LogP contribution in [-0.4, -0.2) is 14.8 Å². The highest BCUT2D eigenvalue weighted by atomic mass is 28.3. The molecule has 0 N–H and O–H groups in total. The molecule has 0 saturated carbocycles. The zero-order valence-electron chi connectivity index (χ0n) is 36.4. The van der Waals surface area contributed by atoms with Gasteiger partial charge in [-0.15, -0.1) is 0 Å². The van der Waals surface area contributed by atoms with Crippen LogP contribution in [0.3, 0.4) is 0 Å². The van der Waals surface area contributed by atoms with Crippen molar-refractivity contribution in [1.82, 2.24) is 0 Å². The van der Waals surface area contributed by atoms with E-state index in [1.165, 1.54) is 99.8 Å². The van der Waals surface area contributed by atoms with Crippen LogP contribution in [0.2, 0.25) is 13.1 Å². The molecule has 0 atom stereocenters. The van der Waals surface area contributed by atoms with Gasteiger partial charge >= 0.3 is 0 Å². The van der Waals surface area contributed by atoms with Crippen molar-refractivity contribution in [3.63, 3.8) is 0 Å². The molecule has 0 radical (unpaired) electrons. The first-order valence-electron chi connectivity index (χ1n) is 21.5. The van der Waals surface area contributed by atoms with E-state index in [9.17, 15) is 0 Å². The number of hydrogen-bond donors (Lipinski definition) is 0. The van der Waals surface area contributed by atoms with Gasteiger partial charge in [0.25, 0.3) is 6.71 Å². The first-order chi connectivity index (χ1) is 28.1. The summed E-state index contributed by atoms with van der Waals surface area (Å²) in [6.45, 7) is 23.9. The minimum absolute atomic E-state index is 0.00370. The highest BCUT2D eigenvalue weighted by molar-refractivity contribution is 7.05. The maximum Gasteiger partial charge on any atom is 0.252 e. The van der Waals surface area contributed by atoms with Crippen LogP contribution in [0.15, 0.2) is 146 Å². The van der Waals surface area contributed by atoms with E-state index in [0.29, 0.717) is 0 Å². The predicted octanol–water partition coefficient (Wildman–Crippen LogP) is 11.3. The van der Waals surface area contributed by atoms with Gasteiger partial charge in [0.15, 0.2) is 0 Å². The zero-order chi connectivity index (χ0) is 41.2. The SMILES string of the molecule is Cc1cc(C(C)(C)C)cc(C)c1N1c2ccc(C(C)(C)C)cc2B2c3cccc4c3N(c3ccccc3[Si]4(C)C)c3cc(C(c4ccccc4)c4ccccc4)cc1c32. The van der Waals surface area contributed by atoms with E-state index < -0.39 is 8.07 Å². The van der Waals surface area contributed by atoms with Crippen LogP contribution in [0, 0.1) is 13.8 Å². The number of aryl methyl sites for hydroxylation is 2. The van der Waals surface area contributed by atoms with Gasteiger partial charge in [-0.1, -0.05) is 176 Å². The summed E-state index contributed by atoms with van der Waals surface area (Å²) in [6, 6.07) is 56.3. The second-order valence-electron chi connectivity index (χ2n) is 19.9. The first kappa shape index (κ1) is 37.7. The quantitative estimate of drug-likeness (QED) is 0.130. The van der Waals surface area contributed by atoms with E-state index in [2.05, 4.69) is 224 Å². The van der Waals surface area contributed by atoms with Crippen molar-refractivity contribution in [2.45, 2.75) is 85.2 Å². The summed E-state index contributed by atoms with van der Waals surface area (Å²) in [5.74, 6) is 0.0388. The molecule has 0 saturated heterocycles. The van der Waals surface area contributed by atoms with Crippen molar-refractivity contribution >= 4 is 75.7 Å². The number of nitrogens with zero attached hydrogens (tertiary/aromatic N) is 2. The van der Waals surface area contributed by atoms with E-state index in [1.54, 1.807) is 0 Å². The number of para-hydroxylation sites is 2. The van der Waals surface area contributed by atoms with Gasteiger partial charge in [-0.25, -0.2) is 0 Å². The summed E-state index contributed by atoms with van der Waals surface area (Å²) in [6.07, 6.45) is 0. The smallest absolute Gasteiger partial charge is 0.252 e. The van der Waals surface area contributed by atoms with Crippen molar-refractivity contribution in [2.24, 2.45) is 0 Å². The van der Waals surface area contributed by atoms with Crippen molar-refractivity contribution in [3.05, 3.63) is 185 Å². The normalized spacial score (nSPS) is 14.8. The molecule has 0 unspecified atom stereocenters. The van der Waals surface area contributed by atoms with Gasteiger partial charge in [-0.05, 0) is 115 Å². The predicted molar refractivity (Wildman–Crippen MR) is 258 cm³/mol. The van der Waals surface area contributed by atoms with Crippen LogP contribution in [0.5, 0.6) is 0 Å². The molecule has 3 aliphatic heterocycles. The van der Waals surface area contributed by atoms with Gasteiger partial charge in [0.05, 0.1) is 5.69 Å². The molecule has 0 spiro atoms. The first-order valence-corrected chi connectivity index (χ1v) is 24.5. The van der Waals surface area contributed by atoms with E-state index in [1.807, 2.05) is 0 Å². The van der Waals surface area contributed by atoms with E-state index in [0.717, 1.165) is 0 Å². The fourth-order valence-corrected chi connectivity index (χ4v) is 13.7. The van der Waals surface area contributed by atoms with Gasteiger partial charge in [0.1, 0.15) is 8.07 Å². The summed E-state index contributed by atoms with van der Waals surface area (Å²) in [5.41, 5.74) is 21.4. The third-order valence-corrected chi connectivity index (χ3v) is 17.2. The molecular weight excluding hydrogens is 728 g/mol. The average Bonchev–Trinajstić information content (AvgIpc) is 3.20. The third-order valence-electron chi connectivity index (χ3n) is 13.6.